The zero-order valence-electron chi connectivity index (χ0n) is 12.3. The zero-order valence-corrected chi connectivity index (χ0v) is 13.0. The second-order valence-corrected chi connectivity index (χ2v) is 6.26. The molecule has 0 spiro atoms. The SMILES string of the molecule is CC(C)(C)OC(=O)NCC(CN)Cc1cccc(Cl)c1. The summed E-state index contributed by atoms with van der Waals surface area (Å²) in [5.74, 6) is 0.154. The van der Waals surface area contributed by atoms with Crippen molar-refractivity contribution in [2.45, 2.75) is 32.8 Å². The molecule has 0 aromatic heterocycles. The van der Waals surface area contributed by atoms with Crippen molar-refractivity contribution in [3.8, 4) is 0 Å². The number of hydrogen-bond donors (Lipinski definition) is 2. The van der Waals surface area contributed by atoms with Gasteiger partial charge in [0.25, 0.3) is 0 Å². The Morgan fingerprint density at radius 3 is 2.70 bits per heavy atom. The van der Waals surface area contributed by atoms with Gasteiger partial charge in [0, 0.05) is 11.6 Å². The van der Waals surface area contributed by atoms with Crippen molar-refractivity contribution in [2.75, 3.05) is 13.1 Å². The third kappa shape index (κ3) is 6.78. The molecule has 0 aliphatic carbocycles. The second kappa shape index (κ2) is 7.50. The van der Waals surface area contributed by atoms with Gasteiger partial charge in [-0.2, -0.15) is 0 Å². The average Bonchev–Trinajstić information content (AvgIpc) is 2.32. The van der Waals surface area contributed by atoms with Gasteiger partial charge in [0.15, 0.2) is 0 Å². The molecule has 1 rings (SSSR count). The van der Waals surface area contributed by atoms with E-state index < -0.39 is 11.7 Å². The number of benzene rings is 1. The lowest BCUT2D eigenvalue weighted by molar-refractivity contribution is 0.0520. The van der Waals surface area contributed by atoms with Gasteiger partial charge in [-0.1, -0.05) is 23.7 Å². The quantitative estimate of drug-likeness (QED) is 0.878. The number of hydrogen-bond acceptors (Lipinski definition) is 3. The maximum absolute atomic E-state index is 11.6. The number of nitrogens with one attached hydrogen (secondary N) is 1. The number of carbonyl (C=O) groups is 1. The van der Waals surface area contributed by atoms with Crippen LogP contribution >= 0.6 is 11.6 Å². The molecule has 1 aromatic rings. The summed E-state index contributed by atoms with van der Waals surface area (Å²) in [6.07, 6.45) is 0.356. The molecular weight excluding hydrogens is 276 g/mol. The molecule has 5 heteroatoms. The van der Waals surface area contributed by atoms with E-state index in [-0.39, 0.29) is 5.92 Å². The molecule has 0 saturated carbocycles. The fraction of sp³-hybridized carbons (Fsp3) is 0.533. The molecule has 3 N–H and O–H groups in total. The van der Waals surface area contributed by atoms with E-state index >= 15 is 0 Å². The molecule has 112 valence electrons. The molecule has 0 fully saturated rings. The summed E-state index contributed by atoms with van der Waals surface area (Å²) in [4.78, 5) is 11.6. The first kappa shape index (κ1) is 16.8. The van der Waals surface area contributed by atoms with Gasteiger partial charge in [-0.25, -0.2) is 4.79 Å². The molecule has 20 heavy (non-hydrogen) atoms. The average molecular weight is 299 g/mol. The highest BCUT2D eigenvalue weighted by molar-refractivity contribution is 6.30. The van der Waals surface area contributed by atoms with Crippen LogP contribution in [-0.4, -0.2) is 24.8 Å². The van der Waals surface area contributed by atoms with E-state index in [0.717, 1.165) is 12.0 Å². The smallest absolute Gasteiger partial charge is 0.407 e. The van der Waals surface area contributed by atoms with Gasteiger partial charge in [-0.15, -0.1) is 0 Å². The Bertz CT molecular complexity index is 444. The monoisotopic (exact) mass is 298 g/mol. The Morgan fingerprint density at radius 1 is 1.45 bits per heavy atom. The Labute approximate surface area is 125 Å². The molecule has 1 atom stereocenters. The van der Waals surface area contributed by atoms with Crippen molar-refractivity contribution >= 4 is 17.7 Å². The van der Waals surface area contributed by atoms with E-state index in [1.165, 1.54) is 0 Å². The van der Waals surface area contributed by atoms with Crippen LogP contribution in [0.25, 0.3) is 0 Å². The van der Waals surface area contributed by atoms with Crippen molar-refractivity contribution in [1.82, 2.24) is 5.32 Å². The van der Waals surface area contributed by atoms with Gasteiger partial charge in [-0.05, 0) is 57.4 Å². The second-order valence-electron chi connectivity index (χ2n) is 5.82. The summed E-state index contributed by atoms with van der Waals surface area (Å²) in [6, 6.07) is 7.66. The highest BCUT2D eigenvalue weighted by Crippen LogP contribution is 2.14. The number of amides is 1. The third-order valence-corrected chi connectivity index (χ3v) is 2.92. The normalized spacial score (nSPS) is 12.8. The zero-order chi connectivity index (χ0) is 15.2. The molecule has 0 aliphatic heterocycles. The number of nitrogens with two attached hydrogens (primary N) is 1. The van der Waals surface area contributed by atoms with Crippen molar-refractivity contribution in [3.63, 3.8) is 0 Å². The molecule has 1 amide bonds. The number of ether oxygens (including phenoxy) is 1. The summed E-state index contributed by atoms with van der Waals surface area (Å²) in [7, 11) is 0. The van der Waals surface area contributed by atoms with Crippen LogP contribution < -0.4 is 11.1 Å². The summed E-state index contributed by atoms with van der Waals surface area (Å²) in [5, 5.41) is 3.46. The van der Waals surface area contributed by atoms with Gasteiger partial charge in [0.2, 0.25) is 0 Å². The molecule has 1 unspecified atom stereocenters. The summed E-state index contributed by atoms with van der Waals surface area (Å²) in [6.45, 7) is 6.47. The lowest BCUT2D eigenvalue weighted by atomic mass is 9.99. The first-order chi connectivity index (χ1) is 9.30. The lowest BCUT2D eigenvalue weighted by Gasteiger charge is -2.21. The van der Waals surface area contributed by atoms with Gasteiger partial charge in [0.05, 0.1) is 0 Å². The minimum Gasteiger partial charge on any atom is -0.444 e. The minimum absolute atomic E-state index is 0.154. The molecule has 1 aromatic carbocycles. The summed E-state index contributed by atoms with van der Waals surface area (Å²) >= 11 is 5.95. The minimum atomic E-state index is -0.491. The van der Waals surface area contributed by atoms with Crippen LogP contribution in [0.1, 0.15) is 26.3 Å². The topological polar surface area (TPSA) is 64.3 Å². The Hall–Kier alpha value is -1.26. The maximum atomic E-state index is 11.6. The molecule has 0 bridgehead atoms. The first-order valence-corrected chi connectivity index (χ1v) is 7.09. The van der Waals surface area contributed by atoms with Crippen molar-refractivity contribution in [1.29, 1.82) is 0 Å². The number of rotatable bonds is 5. The number of carbonyl (C=O) groups excluding carboxylic acids is 1. The largest absolute Gasteiger partial charge is 0.444 e. The number of alkyl carbamates (subject to hydrolysis) is 1. The van der Waals surface area contributed by atoms with E-state index in [1.54, 1.807) is 0 Å². The van der Waals surface area contributed by atoms with E-state index in [1.807, 2.05) is 45.0 Å². The Balaban J connectivity index is 2.46. The predicted molar refractivity (Wildman–Crippen MR) is 81.9 cm³/mol. The fourth-order valence-corrected chi connectivity index (χ4v) is 1.99. The Morgan fingerprint density at radius 2 is 2.15 bits per heavy atom. The molecule has 0 radical (unpaired) electrons. The molecule has 0 saturated heterocycles. The van der Waals surface area contributed by atoms with Gasteiger partial charge >= 0.3 is 6.09 Å². The fourth-order valence-electron chi connectivity index (χ4n) is 1.78. The van der Waals surface area contributed by atoms with Crippen molar-refractivity contribution in [3.05, 3.63) is 34.9 Å². The third-order valence-electron chi connectivity index (χ3n) is 2.68. The first-order valence-electron chi connectivity index (χ1n) is 6.71. The van der Waals surface area contributed by atoms with Crippen LogP contribution in [0.2, 0.25) is 5.02 Å². The van der Waals surface area contributed by atoms with E-state index in [0.29, 0.717) is 18.1 Å². The van der Waals surface area contributed by atoms with Crippen LogP contribution in [-0.2, 0) is 11.2 Å². The van der Waals surface area contributed by atoms with Gasteiger partial charge in [0.1, 0.15) is 5.60 Å². The van der Waals surface area contributed by atoms with Gasteiger partial charge in [-0.3, -0.25) is 0 Å². The van der Waals surface area contributed by atoms with Crippen molar-refractivity contribution in [2.24, 2.45) is 11.7 Å². The predicted octanol–water partition coefficient (Wildman–Crippen LogP) is 2.98. The van der Waals surface area contributed by atoms with Crippen LogP contribution in [0.3, 0.4) is 0 Å². The van der Waals surface area contributed by atoms with E-state index in [4.69, 9.17) is 22.1 Å². The van der Waals surface area contributed by atoms with Crippen LogP contribution in [0.4, 0.5) is 4.79 Å². The van der Waals surface area contributed by atoms with Crippen molar-refractivity contribution < 1.29 is 9.53 Å². The number of halogens is 1. The van der Waals surface area contributed by atoms with Crippen LogP contribution in [0, 0.1) is 5.92 Å². The Kier molecular flexibility index (Phi) is 6.30. The maximum Gasteiger partial charge on any atom is 0.407 e. The highest BCUT2D eigenvalue weighted by Gasteiger charge is 2.17. The molecule has 0 aliphatic rings. The standard InChI is InChI=1S/C15H23ClN2O2/c1-15(2,3)20-14(19)18-10-12(9-17)7-11-5-4-6-13(16)8-11/h4-6,8,12H,7,9-10,17H2,1-3H3,(H,18,19). The van der Waals surface area contributed by atoms with E-state index in [2.05, 4.69) is 5.32 Å². The molecular formula is C15H23ClN2O2. The summed E-state index contributed by atoms with van der Waals surface area (Å²) < 4.78 is 5.19. The van der Waals surface area contributed by atoms with E-state index in [9.17, 15) is 4.79 Å². The molecule has 4 nitrogen and oxygen atoms in total. The van der Waals surface area contributed by atoms with Crippen LogP contribution in [0.5, 0.6) is 0 Å². The lowest BCUT2D eigenvalue weighted by Crippen LogP contribution is -2.37. The van der Waals surface area contributed by atoms with Crippen LogP contribution in [0.15, 0.2) is 24.3 Å². The summed E-state index contributed by atoms with van der Waals surface area (Å²) in [5.41, 5.74) is 6.37. The highest BCUT2D eigenvalue weighted by atomic mass is 35.5. The van der Waals surface area contributed by atoms with Gasteiger partial charge < -0.3 is 15.8 Å². The molecule has 0 heterocycles.